The molecular weight excluding hydrogens is 1770 g/mol. The van der Waals surface area contributed by atoms with Crippen molar-refractivity contribution in [2.45, 2.75) is 231 Å². The number of aliphatic imine (C=N–C) groups is 4. The van der Waals surface area contributed by atoms with Gasteiger partial charge in [-0.3, -0.25) is 47.9 Å². The number of aliphatic carboxylic acids is 1. The third-order valence-electron chi connectivity index (χ3n) is 27.0. The normalized spacial score (nSPS) is 19.0. The van der Waals surface area contributed by atoms with Crippen LogP contribution in [0, 0.1) is 47.3 Å². The van der Waals surface area contributed by atoms with Gasteiger partial charge in [-0.15, -0.1) is 0 Å². The number of nitrogens with zero attached hydrogens (tertiary/aromatic N) is 10. The van der Waals surface area contributed by atoms with Gasteiger partial charge >= 0.3 is 5.97 Å². The molecule has 27 heteroatoms. The number of carbonyl (C=O) groups is 8. The predicted octanol–water partition coefficient (Wildman–Crippen LogP) is 17.6. The quantitative estimate of drug-likeness (QED) is 0.0142. The summed E-state index contributed by atoms with van der Waals surface area (Å²) in [6.07, 6.45) is 22.9. The zero-order valence-electron chi connectivity index (χ0n) is 81.3. The average molecular weight is 1900 g/mol. The van der Waals surface area contributed by atoms with E-state index < -0.39 is 66.7 Å². The monoisotopic (exact) mass is 1900 g/mol. The molecule has 8 N–H and O–H groups in total. The van der Waals surface area contributed by atoms with Gasteiger partial charge in [0.05, 0.1) is 75.6 Å². The fraction of sp³-hybridized carbons (Fsp3) is 0.429. The second kappa shape index (κ2) is 50.7. The van der Waals surface area contributed by atoms with Crippen LogP contribution in [0.3, 0.4) is 0 Å². The number of nitrogens with two attached hydrogens (primary N) is 1. The lowest BCUT2D eigenvalue weighted by Crippen LogP contribution is -2.50. The van der Waals surface area contributed by atoms with E-state index in [0.29, 0.717) is 73.6 Å². The van der Waals surface area contributed by atoms with E-state index in [1.165, 1.54) is 12.8 Å². The number of carboxylic acids is 1. The molecular formula is C112H136N14O12S. The molecule has 4 aliphatic heterocycles. The van der Waals surface area contributed by atoms with Crippen LogP contribution in [0.5, 0.6) is 0 Å². The molecule has 7 amide bonds. The number of thiocarbonyl (C=S) groups is 1. The number of anilines is 4. The van der Waals surface area contributed by atoms with Crippen molar-refractivity contribution in [1.82, 2.24) is 25.5 Å². The van der Waals surface area contributed by atoms with Crippen LogP contribution in [-0.2, 0) is 43.1 Å². The molecule has 0 saturated heterocycles. The molecule has 8 aliphatic rings. The zero-order valence-corrected chi connectivity index (χ0v) is 82.1. The SMILES string of the molecule is CCCCC[C@@H](CC1CC1)C(=O)N[C@H]1N=C(c2ccccc2)c2ccccc2N(C)C1=O.CCCC[C@H](O)[C@@H](CC1CC1)C(=O)N[C@H]1N=C(c2ccccc2)c2ccccc2N(C)C1=O.CCCC[C@H](O)[C@@H](CC1CC1)C(=O)O.CCCC[C@H](OC(=S)n1ccnc1)[C@@H](CC1CC1)C(=O)N[C@H]1N=C(c2ccccc2)c2ccccc2N(C)C1=O.CN1C(=O)[C@@H](N)N=C(c2ccccc2)c2ccccc21. The van der Waals surface area contributed by atoms with Gasteiger partial charge in [0.15, 0.2) is 6.17 Å². The maximum absolute atomic E-state index is 14.0. The van der Waals surface area contributed by atoms with Crippen LogP contribution in [-0.4, -0.2) is 171 Å². The highest BCUT2D eigenvalue weighted by atomic mass is 32.1. The maximum atomic E-state index is 14.0. The minimum Gasteiger partial charge on any atom is -0.481 e. The van der Waals surface area contributed by atoms with Crippen molar-refractivity contribution >= 4 is 110 Å². The number of fused-ring (bicyclic) bond motifs is 4. The van der Waals surface area contributed by atoms with E-state index in [2.05, 4.69) is 46.7 Å². The third kappa shape index (κ3) is 28.3. The minimum atomic E-state index is -1.07. The molecule has 0 unspecified atom stereocenters. The molecule has 9 aromatic rings. The topological polar surface area (TPSA) is 349 Å². The Morgan fingerprint density at radius 1 is 0.396 bits per heavy atom. The van der Waals surface area contributed by atoms with Crippen molar-refractivity contribution in [2.24, 2.45) is 73.0 Å². The first kappa shape index (κ1) is 104. The molecule has 11 atom stereocenters. The second-order valence-corrected chi connectivity index (χ2v) is 38.1. The first-order valence-electron chi connectivity index (χ1n) is 49.8. The van der Waals surface area contributed by atoms with E-state index in [1.54, 1.807) is 71.1 Å². The number of amides is 7. The zero-order chi connectivity index (χ0) is 98.6. The number of benzodiazepines with no additional fused rings is 4. The van der Waals surface area contributed by atoms with Crippen LogP contribution >= 0.6 is 12.2 Å². The Balaban J connectivity index is 0.000000152. The molecule has 0 bridgehead atoms. The van der Waals surface area contributed by atoms with Gasteiger partial charge < -0.3 is 61.3 Å². The standard InChI is InChI=1S/C31H35N5O3S.C27H33N3O3.C27H33N3O2.C16H15N3O.C11H20O3/c1-3-4-14-26(39-31(40)36-18-17-32-20-36)24(19-21-15-16-21)29(37)34-28-30(38)35(2)25-13-9-8-12-23(25)27(33-28)22-10-6-5-7-11-22;1-3-4-14-23(31)21(17-18-15-16-18)26(32)29-25-27(33)30(2)22-13-9-8-12-20(22)24(28-25)19-10-6-5-7-11-19;1-3-4-6-13-21(18-19-16-17-19)26(31)29-25-27(32)30(2)23-15-10-9-14-22(23)24(28-25)20-11-7-5-8-12-20;1-19-13-10-6-5-9-12(13)14(18-15(17)16(19)20)11-7-3-2-4-8-11;1-2-3-4-10(12)9(11(13)14)7-8-5-6-8/h5-13,17-18,20-21,24,26,28H,3-4,14-16,19H2,1-2H3,(H,34,37);5-13,18,21,23,25,31H,3-4,14-17H2,1-2H3,(H,29,32);5,7-12,14-15,19,21,25H,3-4,6,13,16-18H2,1-2H3,(H,29,31);2-10,15H,17H2,1H3;8-10,12H,2-7H2,1H3,(H,13,14)/t24-,26+,28-;21-,23+,25-;21-,25+;15-;9-,10+/m11001/s1. The number of unbranched alkanes of at least 4 members (excludes halogenated alkanes) is 5. The summed E-state index contributed by atoms with van der Waals surface area (Å²) in [5, 5.41) is 38.6. The summed E-state index contributed by atoms with van der Waals surface area (Å²) in [4.78, 5) is 133. The lowest BCUT2D eigenvalue weighted by molar-refractivity contribution is -0.146. The van der Waals surface area contributed by atoms with E-state index in [4.69, 9.17) is 42.8 Å². The van der Waals surface area contributed by atoms with Crippen LogP contribution < -0.4 is 41.3 Å². The van der Waals surface area contributed by atoms with Gasteiger partial charge in [-0.2, -0.15) is 0 Å². The lowest BCUT2D eigenvalue weighted by atomic mass is 9.91. The number of carboxylic acid groups (broad SMARTS) is 1. The number of aromatic nitrogens is 2. The summed E-state index contributed by atoms with van der Waals surface area (Å²) in [6.45, 7) is 8.40. The van der Waals surface area contributed by atoms with Crippen molar-refractivity contribution in [1.29, 1.82) is 0 Å². The molecule has 732 valence electrons. The molecule has 4 saturated carbocycles. The summed E-state index contributed by atoms with van der Waals surface area (Å²) in [5.41, 5.74) is 19.0. The first-order chi connectivity index (χ1) is 67.4. The molecule has 0 spiro atoms. The molecule has 139 heavy (non-hydrogen) atoms. The molecule has 26 nitrogen and oxygen atoms in total. The van der Waals surface area contributed by atoms with Crippen LogP contribution in [0.1, 0.15) is 233 Å². The summed E-state index contributed by atoms with van der Waals surface area (Å²) in [7, 11) is 6.92. The Labute approximate surface area is 823 Å². The van der Waals surface area contributed by atoms with Crippen molar-refractivity contribution in [3.8, 4) is 0 Å². The maximum Gasteiger partial charge on any atom is 0.309 e. The van der Waals surface area contributed by atoms with Crippen LogP contribution in [0.4, 0.5) is 22.7 Å². The number of carbonyl (C=O) groups excluding carboxylic acids is 7. The Hall–Kier alpha value is -12.8. The molecule has 1 aromatic heterocycles. The fourth-order valence-electron chi connectivity index (χ4n) is 18.2. The van der Waals surface area contributed by atoms with Gasteiger partial charge in [0.1, 0.15) is 12.4 Å². The van der Waals surface area contributed by atoms with E-state index >= 15 is 0 Å². The van der Waals surface area contributed by atoms with Crippen LogP contribution in [0.25, 0.3) is 0 Å². The molecule has 8 aromatic carbocycles. The Morgan fingerprint density at radius 2 is 0.712 bits per heavy atom. The number of nitrogens with one attached hydrogen (secondary N) is 3. The highest BCUT2D eigenvalue weighted by Gasteiger charge is 2.43. The predicted molar refractivity (Wildman–Crippen MR) is 552 cm³/mol. The van der Waals surface area contributed by atoms with Crippen molar-refractivity contribution < 1.29 is 58.4 Å². The highest BCUT2D eigenvalue weighted by Crippen LogP contribution is 2.42. The molecule has 4 aliphatic carbocycles. The Morgan fingerprint density at radius 3 is 1.07 bits per heavy atom. The number of aliphatic hydroxyl groups excluding tert-OH is 2. The number of likely N-dealkylation sites (N-methyl/N-ethyl adjacent to an activating group) is 4. The number of hydrogen-bond donors (Lipinski definition) is 7. The smallest absolute Gasteiger partial charge is 0.309 e. The van der Waals surface area contributed by atoms with Crippen LogP contribution in [0.15, 0.2) is 257 Å². The second-order valence-electron chi connectivity index (χ2n) is 37.7. The third-order valence-corrected chi connectivity index (χ3v) is 27.3. The average Bonchev–Trinajstić information content (AvgIpc) is 1.65. The van der Waals surface area contributed by atoms with Gasteiger partial charge in [0, 0.05) is 91.0 Å². The summed E-state index contributed by atoms with van der Waals surface area (Å²) >= 11 is 5.55. The number of imidazole rings is 1. The molecule has 4 fully saturated rings. The number of rotatable bonds is 36. The largest absolute Gasteiger partial charge is 0.481 e. The van der Waals surface area contributed by atoms with Gasteiger partial charge in [-0.05, 0) is 112 Å². The Bertz CT molecular complexity index is 5770. The molecule has 5 heterocycles. The highest BCUT2D eigenvalue weighted by molar-refractivity contribution is 7.80. The fourth-order valence-corrected chi connectivity index (χ4v) is 18.4. The van der Waals surface area contributed by atoms with Gasteiger partial charge in [0.25, 0.3) is 28.8 Å². The molecule has 17 rings (SSSR count). The van der Waals surface area contributed by atoms with E-state index in [0.717, 1.165) is 188 Å². The number of aliphatic hydroxyl groups is 2. The van der Waals surface area contributed by atoms with Gasteiger partial charge in [-0.1, -0.05) is 331 Å². The van der Waals surface area contributed by atoms with E-state index in [1.807, 2.05) is 225 Å². The minimum absolute atomic E-state index is 0.0399. The first-order valence-corrected chi connectivity index (χ1v) is 50.2. The van der Waals surface area contributed by atoms with Crippen LogP contribution in [0.2, 0.25) is 0 Å². The lowest BCUT2D eigenvalue weighted by Gasteiger charge is -2.29. The summed E-state index contributed by atoms with van der Waals surface area (Å²) in [5.74, 6) is -1.82. The number of ether oxygens (including phenoxy) is 1. The number of hydrogen-bond acceptors (Lipinski definition) is 18. The van der Waals surface area contributed by atoms with Crippen molar-refractivity contribution in [3.63, 3.8) is 0 Å². The van der Waals surface area contributed by atoms with Crippen molar-refractivity contribution in [3.05, 3.63) is 282 Å². The summed E-state index contributed by atoms with van der Waals surface area (Å²) < 4.78 is 7.91. The van der Waals surface area contributed by atoms with E-state index in [-0.39, 0.29) is 52.4 Å². The number of benzene rings is 8. The van der Waals surface area contributed by atoms with Gasteiger partial charge in [-0.25, -0.2) is 20.0 Å². The Kier molecular flexibility index (Phi) is 37.8. The van der Waals surface area contributed by atoms with Crippen molar-refractivity contribution in [2.75, 3.05) is 47.8 Å². The number of para-hydroxylation sites is 4. The van der Waals surface area contributed by atoms with E-state index in [9.17, 15) is 48.6 Å². The summed E-state index contributed by atoms with van der Waals surface area (Å²) in [6, 6.07) is 69.9. The van der Waals surface area contributed by atoms with Gasteiger partial charge in [0.2, 0.25) is 36.2 Å². The molecule has 0 radical (unpaired) electrons.